The van der Waals surface area contributed by atoms with E-state index in [0.717, 1.165) is 16.8 Å². The van der Waals surface area contributed by atoms with Crippen LogP contribution in [0.1, 0.15) is 23.2 Å². The molecule has 3 aromatic heterocycles. The van der Waals surface area contributed by atoms with Crippen molar-refractivity contribution in [3.63, 3.8) is 0 Å². The van der Waals surface area contributed by atoms with E-state index in [9.17, 15) is 26.7 Å². The molecule has 140 valence electrons. The molecule has 0 saturated carbocycles. The quantitative estimate of drug-likeness (QED) is 0.575. The summed E-state index contributed by atoms with van der Waals surface area (Å²) < 4.78 is 66.9. The van der Waals surface area contributed by atoms with E-state index in [1.54, 1.807) is 0 Å². The van der Waals surface area contributed by atoms with E-state index >= 15 is 0 Å². The summed E-state index contributed by atoms with van der Waals surface area (Å²) in [7, 11) is 0. The van der Waals surface area contributed by atoms with E-state index in [2.05, 4.69) is 10.1 Å². The van der Waals surface area contributed by atoms with Gasteiger partial charge in [-0.15, -0.1) is 0 Å². The third-order valence-electron chi connectivity index (χ3n) is 3.27. The van der Waals surface area contributed by atoms with Gasteiger partial charge >= 0.3 is 6.18 Å². The minimum Gasteiger partial charge on any atom is -0.269 e. The van der Waals surface area contributed by atoms with Crippen molar-refractivity contribution < 1.29 is 22.0 Å². The molecule has 5 nitrogen and oxygen atoms in total. The lowest BCUT2D eigenvalue weighted by molar-refractivity contribution is -0.134. The Morgan fingerprint density at radius 1 is 1.19 bits per heavy atom. The number of halogens is 7. The number of thiazole rings is 1. The van der Waals surface area contributed by atoms with Crippen molar-refractivity contribution in [2.45, 2.75) is 25.6 Å². The van der Waals surface area contributed by atoms with E-state index in [1.165, 1.54) is 0 Å². The molecule has 0 amide bonds. The number of nitrogens with zero attached hydrogens (tertiary/aromatic N) is 4. The zero-order valence-corrected chi connectivity index (χ0v) is 14.9. The van der Waals surface area contributed by atoms with E-state index in [0.29, 0.717) is 11.3 Å². The third-order valence-corrected chi connectivity index (χ3v) is 5.13. The first-order valence-electron chi connectivity index (χ1n) is 6.77. The number of fused-ring (bicyclic) bond motifs is 1. The zero-order valence-electron chi connectivity index (χ0n) is 12.6. The second-order valence-corrected chi connectivity index (χ2v) is 7.04. The van der Waals surface area contributed by atoms with Gasteiger partial charge in [0.2, 0.25) is 0 Å². The molecule has 0 bridgehead atoms. The van der Waals surface area contributed by atoms with Crippen molar-refractivity contribution >= 4 is 39.5 Å². The van der Waals surface area contributed by atoms with E-state index in [1.807, 2.05) is 0 Å². The standard InChI is InChI=1S/C13H7Cl2F5N4OS/c1-12(16,17)6-3-7(14)23(22-6)4-5-2-8(25)24-10(15)9(13(18,19)20)26-11(24)21-5/h2-3H,4H2,1H3. The normalized spacial score (nSPS) is 12.9. The maximum atomic E-state index is 13.3. The van der Waals surface area contributed by atoms with Crippen molar-refractivity contribution in [3.05, 3.63) is 49.1 Å². The first-order valence-corrected chi connectivity index (χ1v) is 8.35. The van der Waals surface area contributed by atoms with Crippen molar-refractivity contribution in [2.24, 2.45) is 0 Å². The Morgan fingerprint density at radius 3 is 2.38 bits per heavy atom. The highest BCUT2D eigenvalue weighted by Gasteiger charge is 2.37. The molecule has 3 heterocycles. The molecule has 0 spiro atoms. The van der Waals surface area contributed by atoms with E-state index in [4.69, 9.17) is 23.2 Å². The van der Waals surface area contributed by atoms with Crippen molar-refractivity contribution in [3.8, 4) is 0 Å². The highest BCUT2D eigenvalue weighted by molar-refractivity contribution is 7.17. The van der Waals surface area contributed by atoms with Crippen LogP contribution in [0.5, 0.6) is 0 Å². The molecule has 0 atom stereocenters. The van der Waals surface area contributed by atoms with Crippen molar-refractivity contribution in [1.29, 1.82) is 0 Å². The van der Waals surface area contributed by atoms with Gasteiger partial charge < -0.3 is 0 Å². The summed E-state index contributed by atoms with van der Waals surface area (Å²) in [6, 6.07) is 1.89. The molecule has 0 unspecified atom stereocenters. The number of hydrogen-bond acceptors (Lipinski definition) is 4. The first-order chi connectivity index (χ1) is 11.9. The molecule has 3 aromatic rings. The fraction of sp³-hybridized carbons (Fsp3) is 0.308. The second kappa shape index (κ2) is 6.17. The van der Waals surface area contributed by atoms with E-state index in [-0.39, 0.29) is 33.7 Å². The molecule has 0 aliphatic heterocycles. The van der Waals surface area contributed by atoms with Gasteiger partial charge in [0, 0.05) is 19.1 Å². The molecule has 0 aliphatic rings. The lowest BCUT2D eigenvalue weighted by Gasteiger charge is -2.06. The Hall–Kier alpha value is -1.72. The van der Waals surface area contributed by atoms with Crippen LogP contribution in [0.15, 0.2) is 16.9 Å². The van der Waals surface area contributed by atoms with Gasteiger partial charge in [0.25, 0.3) is 11.5 Å². The Bertz CT molecular complexity index is 1050. The van der Waals surface area contributed by atoms with Gasteiger partial charge in [-0.3, -0.25) is 4.79 Å². The summed E-state index contributed by atoms with van der Waals surface area (Å²) >= 11 is 11.7. The molecule has 26 heavy (non-hydrogen) atoms. The summed E-state index contributed by atoms with van der Waals surface area (Å²) in [5.74, 6) is -3.23. The van der Waals surface area contributed by atoms with Crippen LogP contribution in [0.2, 0.25) is 10.3 Å². The zero-order chi connectivity index (χ0) is 19.4. The van der Waals surface area contributed by atoms with Gasteiger partial charge in [-0.05, 0) is 0 Å². The molecule has 13 heteroatoms. The molecule has 0 aromatic carbocycles. The van der Waals surface area contributed by atoms with Gasteiger partial charge in [0.05, 0.1) is 12.2 Å². The molecule has 0 radical (unpaired) electrons. The lowest BCUT2D eigenvalue weighted by Crippen LogP contribution is -2.17. The highest BCUT2D eigenvalue weighted by atomic mass is 35.5. The first kappa shape index (κ1) is 19.1. The summed E-state index contributed by atoms with van der Waals surface area (Å²) in [5.41, 5.74) is -1.43. The Balaban J connectivity index is 2.05. The average Bonchev–Trinajstić information content (AvgIpc) is 3.00. The molecule has 0 aliphatic carbocycles. The number of alkyl halides is 5. The minimum absolute atomic E-state index is 0.00221. The van der Waals surface area contributed by atoms with Gasteiger partial charge in [-0.2, -0.15) is 27.1 Å². The monoisotopic (exact) mass is 432 g/mol. The summed E-state index contributed by atoms with van der Waals surface area (Å²) in [6.45, 7) is 0.358. The topological polar surface area (TPSA) is 52.2 Å². The molecule has 0 fully saturated rings. The lowest BCUT2D eigenvalue weighted by atomic mass is 10.3. The van der Waals surface area contributed by atoms with E-state index < -0.39 is 33.4 Å². The van der Waals surface area contributed by atoms with Gasteiger partial charge in [-0.1, -0.05) is 34.5 Å². The summed E-state index contributed by atoms with van der Waals surface area (Å²) in [5, 5.41) is 2.71. The van der Waals surface area contributed by atoms with Crippen LogP contribution >= 0.6 is 34.5 Å². The predicted octanol–water partition coefficient (Wildman–Crippen LogP) is 4.44. The van der Waals surface area contributed by atoms with Crippen LogP contribution in [0.3, 0.4) is 0 Å². The van der Waals surface area contributed by atoms with Crippen LogP contribution in [-0.2, 0) is 18.6 Å². The molecule has 0 N–H and O–H groups in total. The maximum absolute atomic E-state index is 13.3. The van der Waals surface area contributed by atoms with Crippen molar-refractivity contribution in [1.82, 2.24) is 19.2 Å². The van der Waals surface area contributed by atoms with Crippen LogP contribution < -0.4 is 5.56 Å². The maximum Gasteiger partial charge on any atom is 0.428 e. The minimum atomic E-state index is -4.74. The molecule has 3 rings (SSSR count). The Morgan fingerprint density at radius 2 is 1.85 bits per heavy atom. The summed E-state index contributed by atoms with van der Waals surface area (Å²) in [6.07, 6.45) is -4.74. The largest absolute Gasteiger partial charge is 0.428 e. The SMILES string of the molecule is CC(F)(F)c1cc(Cl)n(Cc2cc(=O)n3c(Cl)c(C(F)(F)F)sc3n2)n1. The molecular weight excluding hydrogens is 426 g/mol. The fourth-order valence-corrected chi connectivity index (χ4v) is 3.67. The average molecular weight is 433 g/mol. The number of aromatic nitrogens is 4. The Kier molecular flexibility index (Phi) is 4.52. The number of hydrogen-bond donors (Lipinski definition) is 0. The van der Waals surface area contributed by atoms with Crippen LogP contribution in [0, 0.1) is 0 Å². The molecule has 0 saturated heterocycles. The van der Waals surface area contributed by atoms with Crippen LogP contribution in [-0.4, -0.2) is 19.2 Å². The predicted molar refractivity (Wildman–Crippen MR) is 85.3 cm³/mol. The summed E-state index contributed by atoms with van der Waals surface area (Å²) in [4.78, 5) is 14.6. The molecular formula is C13H7Cl2F5N4OS. The van der Waals surface area contributed by atoms with Gasteiger partial charge in [0.1, 0.15) is 20.9 Å². The van der Waals surface area contributed by atoms with Crippen LogP contribution in [0.4, 0.5) is 22.0 Å². The number of rotatable bonds is 3. The van der Waals surface area contributed by atoms with Crippen LogP contribution in [0.25, 0.3) is 4.96 Å². The second-order valence-electron chi connectivity index (χ2n) is 5.32. The third kappa shape index (κ3) is 3.42. The van der Waals surface area contributed by atoms with Gasteiger partial charge in [0.15, 0.2) is 4.96 Å². The fourth-order valence-electron chi connectivity index (χ4n) is 2.12. The van der Waals surface area contributed by atoms with Gasteiger partial charge in [-0.25, -0.2) is 14.1 Å². The Labute approximate surface area is 155 Å². The highest BCUT2D eigenvalue weighted by Crippen LogP contribution is 2.39. The smallest absolute Gasteiger partial charge is 0.269 e. The van der Waals surface area contributed by atoms with Crippen molar-refractivity contribution in [2.75, 3.05) is 0 Å².